The van der Waals surface area contributed by atoms with Crippen molar-refractivity contribution in [2.24, 2.45) is 0 Å². The number of non-ortho nitro benzene ring substituents is 1. The van der Waals surface area contributed by atoms with Crippen LogP contribution in [-0.4, -0.2) is 40.9 Å². The van der Waals surface area contributed by atoms with Gasteiger partial charge < -0.3 is 9.47 Å². The van der Waals surface area contributed by atoms with Crippen molar-refractivity contribution in [2.45, 2.75) is 6.61 Å². The van der Waals surface area contributed by atoms with Crippen molar-refractivity contribution in [3.05, 3.63) is 68.2 Å². The molecule has 2 aromatic rings. The lowest BCUT2D eigenvalue weighted by Gasteiger charge is -2.25. The predicted molar refractivity (Wildman–Crippen MR) is 117 cm³/mol. The maximum absolute atomic E-state index is 12.4. The molecule has 11 heteroatoms. The van der Waals surface area contributed by atoms with Crippen LogP contribution in [-0.2, 0) is 16.2 Å². The number of carbonyl (C=O) groups excluding carboxylic acids is 2. The number of nitrogens with one attached hydrogen (secondary N) is 1. The van der Waals surface area contributed by atoms with Gasteiger partial charge in [-0.15, -0.1) is 0 Å². The molecular weight excluding hydrogens is 446 g/mol. The van der Waals surface area contributed by atoms with Gasteiger partial charge in [0.05, 0.1) is 17.1 Å². The van der Waals surface area contributed by atoms with E-state index in [9.17, 15) is 19.7 Å². The summed E-state index contributed by atoms with van der Waals surface area (Å²) in [5, 5.41) is 13.5. The number of carbonyl (C=O) groups is 2. The second kappa shape index (κ2) is 9.11. The number of benzene rings is 2. The van der Waals surface area contributed by atoms with Crippen LogP contribution >= 0.6 is 23.8 Å². The Labute approximate surface area is 187 Å². The summed E-state index contributed by atoms with van der Waals surface area (Å²) in [6.07, 6.45) is 1.37. The number of hydrogen-bond acceptors (Lipinski definition) is 7. The lowest BCUT2D eigenvalue weighted by molar-refractivity contribution is -0.384. The van der Waals surface area contributed by atoms with E-state index in [-0.39, 0.29) is 39.5 Å². The van der Waals surface area contributed by atoms with Crippen molar-refractivity contribution in [3.8, 4) is 11.5 Å². The van der Waals surface area contributed by atoms with Crippen LogP contribution in [0.1, 0.15) is 11.1 Å². The zero-order valence-electron chi connectivity index (χ0n) is 16.4. The summed E-state index contributed by atoms with van der Waals surface area (Å²) in [6.45, 7) is 0.0152. The molecule has 1 aliphatic heterocycles. The van der Waals surface area contributed by atoms with Crippen LogP contribution < -0.4 is 14.8 Å². The molecular formula is C20H16ClN3O6S. The van der Waals surface area contributed by atoms with E-state index in [1.165, 1.54) is 38.4 Å². The molecule has 1 aliphatic rings. The van der Waals surface area contributed by atoms with E-state index in [4.69, 9.17) is 33.3 Å². The molecule has 0 bridgehead atoms. The molecule has 3 rings (SSSR count). The van der Waals surface area contributed by atoms with Crippen molar-refractivity contribution in [2.75, 3.05) is 14.2 Å². The summed E-state index contributed by atoms with van der Waals surface area (Å²) < 4.78 is 11.1. The fraction of sp³-hybridized carbons (Fsp3) is 0.150. The second-order valence-electron chi connectivity index (χ2n) is 6.43. The third kappa shape index (κ3) is 4.81. The van der Waals surface area contributed by atoms with Gasteiger partial charge in [-0.1, -0.05) is 23.7 Å². The molecule has 0 radical (unpaired) electrons. The quantitative estimate of drug-likeness (QED) is 0.231. The minimum atomic E-state index is -0.616. The minimum Gasteiger partial charge on any atom is -0.493 e. The van der Waals surface area contributed by atoms with Gasteiger partial charge in [-0.3, -0.25) is 29.9 Å². The number of halogens is 1. The van der Waals surface area contributed by atoms with Crippen LogP contribution in [0.5, 0.6) is 11.5 Å². The van der Waals surface area contributed by atoms with Crippen molar-refractivity contribution in [1.82, 2.24) is 10.2 Å². The van der Waals surface area contributed by atoms with E-state index in [1.807, 2.05) is 0 Å². The summed E-state index contributed by atoms with van der Waals surface area (Å²) in [4.78, 5) is 36.1. The molecule has 0 aromatic heterocycles. The Morgan fingerprint density at radius 2 is 2.03 bits per heavy atom. The molecule has 0 saturated carbocycles. The number of amides is 2. The Morgan fingerprint density at radius 1 is 1.29 bits per heavy atom. The van der Waals surface area contributed by atoms with E-state index in [2.05, 4.69) is 5.32 Å². The number of hydrogen-bond donors (Lipinski definition) is 1. The summed E-state index contributed by atoms with van der Waals surface area (Å²) in [6, 6.07) is 9.07. The molecule has 31 heavy (non-hydrogen) atoms. The lowest BCUT2D eigenvalue weighted by Crippen LogP contribution is -2.52. The molecule has 160 valence electrons. The van der Waals surface area contributed by atoms with Crippen LogP contribution in [0.25, 0.3) is 6.08 Å². The molecule has 0 aliphatic carbocycles. The number of nitro benzene ring substituents is 1. The largest absolute Gasteiger partial charge is 0.493 e. The number of nitrogens with zero attached hydrogens (tertiary/aromatic N) is 2. The van der Waals surface area contributed by atoms with Crippen molar-refractivity contribution >= 4 is 52.5 Å². The number of rotatable bonds is 6. The summed E-state index contributed by atoms with van der Waals surface area (Å²) in [7, 11) is 2.86. The van der Waals surface area contributed by atoms with E-state index >= 15 is 0 Å². The van der Waals surface area contributed by atoms with Gasteiger partial charge in [0.2, 0.25) is 0 Å². The van der Waals surface area contributed by atoms with E-state index < -0.39 is 16.7 Å². The average Bonchev–Trinajstić information content (AvgIpc) is 2.74. The molecule has 0 spiro atoms. The van der Waals surface area contributed by atoms with E-state index in [0.717, 1.165) is 4.90 Å². The maximum atomic E-state index is 12.4. The van der Waals surface area contributed by atoms with Crippen LogP contribution in [0.15, 0.2) is 42.0 Å². The normalized spacial score (nSPS) is 15.1. The highest BCUT2D eigenvalue weighted by Crippen LogP contribution is 2.37. The Kier molecular flexibility index (Phi) is 6.52. The monoisotopic (exact) mass is 461 g/mol. The lowest BCUT2D eigenvalue weighted by atomic mass is 10.1. The van der Waals surface area contributed by atoms with E-state index in [1.54, 1.807) is 18.2 Å². The first-order valence-corrected chi connectivity index (χ1v) is 9.58. The fourth-order valence-electron chi connectivity index (χ4n) is 2.79. The molecule has 2 aromatic carbocycles. The molecule has 1 N–H and O–H groups in total. The molecule has 2 amide bonds. The van der Waals surface area contributed by atoms with Crippen molar-refractivity contribution in [3.63, 3.8) is 0 Å². The first-order valence-electron chi connectivity index (χ1n) is 8.80. The molecule has 1 saturated heterocycles. The molecule has 9 nitrogen and oxygen atoms in total. The SMILES string of the molecule is COc1cc(/C=C2\C(=O)NC(=S)N(C)C2=O)cc(Cl)c1OCc1cccc([N+](=O)[O-])c1. The first kappa shape index (κ1) is 22.2. The summed E-state index contributed by atoms with van der Waals surface area (Å²) >= 11 is 11.3. The standard InChI is InChI=1S/C20H16ClN3O6S/c1-23-19(26)14(18(25)22-20(23)31)7-12-8-15(21)17(16(9-12)29-2)30-10-11-4-3-5-13(6-11)24(27)28/h3-9H,10H2,1-2H3,(H,22,25,31)/b14-7+. The fourth-order valence-corrected chi connectivity index (χ4v) is 3.24. The number of thiocarbonyl (C=S) groups is 1. The van der Waals surface area contributed by atoms with Gasteiger partial charge in [-0.2, -0.15) is 0 Å². The number of nitro groups is 1. The van der Waals surface area contributed by atoms with Crippen LogP contribution in [0.3, 0.4) is 0 Å². The van der Waals surface area contributed by atoms with Gasteiger partial charge in [-0.25, -0.2) is 0 Å². The summed E-state index contributed by atoms with van der Waals surface area (Å²) in [5.74, 6) is -0.683. The number of likely N-dealkylation sites (N-methyl/N-ethyl adjacent to an activating group) is 1. The first-order chi connectivity index (χ1) is 14.7. The van der Waals surface area contributed by atoms with Gasteiger partial charge in [0.1, 0.15) is 12.2 Å². The predicted octanol–water partition coefficient (Wildman–Crippen LogP) is 3.09. The number of methoxy groups -OCH3 is 1. The maximum Gasteiger partial charge on any atom is 0.269 e. The highest BCUT2D eigenvalue weighted by Gasteiger charge is 2.30. The van der Waals surface area contributed by atoms with Crippen LogP contribution in [0, 0.1) is 10.1 Å². The molecule has 0 unspecified atom stereocenters. The zero-order chi connectivity index (χ0) is 22.7. The molecule has 1 heterocycles. The summed E-state index contributed by atoms with van der Waals surface area (Å²) in [5.41, 5.74) is 0.840. The van der Waals surface area contributed by atoms with E-state index in [0.29, 0.717) is 11.1 Å². The average molecular weight is 462 g/mol. The highest BCUT2D eigenvalue weighted by atomic mass is 35.5. The Balaban J connectivity index is 1.88. The Hall–Kier alpha value is -3.50. The van der Waals surface area contributed by atoms with Crippen LogP contribution in [0.2, 0.25) is 5.02 Å². The Morgan fingerprint density at radius 3 is 2.71 bits per heavy atom. The molecule has 0 atom stereocenters. The smallest absolute Gasteiger partial charge is 0.269 e. The minimum absolute atomic E-state index is 0.0152. The Bertz CT molecular complexity index is 1130. The molecule has 1 fully saturated rings. The second-order valence-corrected chi connectivity index (χ2v) is 7.23. The van der Waals surface area contributed by atoms with Crippen LogP contribution in [0.4, 0.5) is 5.69 Å². The van der Waals surface area contributed by atoms with Gasteiger partial charge in [0.25, 0.3) is 17.5 Å². The van der Waals surface area contributed by atoms with Gasteiger partial charge in [-0.05, 0) is 41.6 Å². The third-order valence-electron chi connectivity index (χ3n) is 4.37. The zero-order valence-corrected chi connectivity index (χ0v) is 18.0. The topological polar surface area (TPSA) is 111 Å². The van der Waals surface area contributed by atoms with Crippen molar-refractivity contribution < 1.29 is 24.0 Å². The highest BCUT2D eigenvalue weighted by molar-refractivity contribution is 7.80. The van der Waals surface area contributed by atoms with Crippen molar-refractivity contribution in [1.29, 1.82) is 0 Å². The third-order valence-corrected chi connectivity index (χ3v) is 5.03. The van der Waals surface area contributed by atoms with Gasteiger partial charge in [0, 0.05) is 19.2 Å². The van der Waals surface area contributed by atoms with Gasteiger partial charge >= 0.3 is 0 Å². The van der Waals surface area contributed by atoms with Gasteiger partial charge in [0.15, 0.2) is 16.6 Å². The number of ether oxygens (including phenoxy) is 2.